The van der Waals surface area contributed by atoms with Gasteiger partial charge in [0, 0.05) is 31.2 Å². The topological polar surface area (TPSA) is 92.7 Å². The molecule has 1 aliphatic rings. The maximum absolute atomic E-state index is 12.5. The molecule has 0 spiro atoms. The molecule has 166 valence electrons. The average Bonchev–Trinajstić information content (AvgIpc) is 3.02. The number of hydrogen-bond acceptors (Lipinski definition) is 5. The largest absolute Gasteiger partial charge is 0.465 e. The van der Waals surface area contributed by atoms with Crippen LogP contribution in [-0.2, 0) is 21.4 Å². The van der Waals surface area contributed by atoms with Crippen LogP contribution in [0.2, 0.25) is 0 Å². The van der Waals surface area contributed by atoms with Crippen molar-refractivity contribution in [3.05, 3.63) is 53.9 Å². The lowest BCUT2D eigenvalue weighted by molar-refractivity contribution is -0.136. The summed E-state index contributed by atoms with van der Waals surface area (Å²) < 4.78 is 6.71. The third-order valence-electron chi connectivity index (χ3n) is 5.63. The minimum atomic E-state index is -0.743. The van der Waals surface area contributed by atoms with E-state index in [0.29, 0.717) is 17.8 Å². The standard InChI is InChI=1S/C23H30N4O4/c1-26-13-7-8-19(26)20(27-14-5-3-4-6-15-27)16-24-21(28)22(29)25-18-11-9-17(10-12-18)23(30)31-2/h7-13,20H,3-6,14-16H2,1-2H3,(H,24,28)(H,25,29)/t20-/m1/s1. The fourth-order valence-electron chi connectivity index (χ4n) is 3.91. The smallest absolute Gasteiger partial charge is 0.337 e. The zero-order valence-corrected chi connectivity index (χ0v) is 18.1. The van der Waals surface area contributed by atoms with Gasteiger partial charge in [-0.15, -0.1) is 0 Å². The van der Waals surface area contributed by atoms with Crippen molar-refractivity contribution in [2.24, 2.45) is 7.05 Å². The maximum Gasteiger partial charge on any atom is 0.337 e. The van der Waals surface area contributed by atoms with Gasteiger partial charge in [0.2, 0.25) is 0 Å². The summed E-state index contributed by atoms with van der Waals surface area (Å²) in [5.41, 5.74) is 1.91. The zero-order chi connectivity index (χ0) is 22.2. The van der Waals surface area contributed by atoms with Gasteiger partial charge in [-0.3, -0.25) is 14.5 Å². The van der Waals surface area contributed by atoms with Crippen LogP contribution in [0.3, 0.4) is 0 Å². The predicted octanol–water partition coefficient (Wildman–Crippen LogP) is 2.48. The van der Waals surface area contributed by atoms with E-state index in [9.17, 15) is 14.4 Å². The summed E-state index contributed by atoms with van der Waals surface area (Å²) in [6.45, 7) is 2.31. The minimum Gasteiger partial charge on any atom is -0.465 e. The molecule has 0 unspecified atom stereocenters. The molecule has 1 aliphatic heterocycles. The Labute approximate surface area is 182 Å². The van der Waals surface area contributed by atoms with Crippen LogP contribution >= 0.6 is 0 Å². The van der Waals surface area contributed by atoms with Gasteiger partial charge in [0.05, 0.1) is 18.7 Å². The first-order valence-corrected chi connectivity index (χ1v) is 10.6. The number of nitrogens with one attached hydrogen (secondary N) is 2. The second-order valence-electron chi connectivity index (χ2n) is 7.74. The maximum atomic E-state index is 12.5. The second-order valence-corrected chi connectivity index (χ2v) is 7.74. The Morgan fingerprint density at radius 1 is 1.00 bits per heavy atom. The number of nitrogens with zero attached hydrogens (tertiary/aromatic N) is 2. The van der Waals surface area contributed by atoms with Gasteiger partial charge < -0.3 is 19.9 Å². The van der Waals surface area contributed by atoms with Crippen LogP contribution in [0.5, 0.6) is 0 Å². The second kappa shape index (κ2) is 10.8. The molecule has 3 rings (SSSR count). The number of esters is 1. The summed E-state index contributed by atoms with van der Waals surface area (Å²) in [5.74, 6) is -1.89. The Morgan fingerprint density at radius 3 is 2.26 bits per heavy atom. The molecule has 0 aliphatic carbocycles. The molecule has 31 heavy (non-hydrogen) atoms. The Hall–Kier alpha value is -3.13. The molecule has 0 radical (unpaired) electrons. The molecule has 1 aromatic heterocycles. The first-order chi connectivity index (χ1) is 15.0. The number of anilines is 1. The Kier molecular flexibility index (Phi) is 7.83. The van der Waals surface area contributed by atoms with Crippen molar-refractivity contribution in [1.29, 1.82) is 0 Å². The van der Waals surface area contributed by atoms with E-state index in [0.717, 1.165) is 31.6 Å². The van der Waals surface area contributed by atoms with E-state index in [-0.39, 0.29) is 6.04 Å². The van der Waals surface area contributed by atoms with E-state index in [4.69, 9.17) is 0 Å². The van der Waals surface area contributed by atoms with E-state index in [1.54, 1.807) is 12.1 Å². The van der Waals surface area contributed by atoms with Crippen LogP contribution in [0.15, 0.2) is 42.6 Å². The first kappa shape index (κ1) is 22.6. The number of aromatic nitrogens is 1. The van der Waals surface area contributed by atoms with E-state index in [1.807, 2.05) is 19.3 Å². The van der Waals surface area contributed by atoms with Crippen LogP contribution in [0.25, 0.3) is 0 Å². The molecule has 2 N–H and O–H groups in total. The van der Waals surface area contributed by atoms with Crippen LogP contribution < -0.4 is 10.6 Å². The summed E-state index contributed by atoms with van der Waals surface area (Å²) in [6.07, 6.45) is 6.71. The molecular weight excluding hydrogens is 396 g/mol. The molecule has 1 fully saturated rings. The van der Waals surface area contributed by atoms with E-state index < -0.39 is 17.8 Å². The lowest BCUT2D eigenvalue weighted by Crippen LogP contribution is -2.42. The van der Waals surface area contributed by atoms with Crippen molar-refractivity contribution < 1.29 is 19.1 Å². The summed E-state index contributed by atoms with van der Waals surface area (Å²) in [4.78, 5) is 38.7. The zero-order valence-electron chi connectivity index (χ0n) is 18.1. The highest BCUT2D eigenvalue weighted by Crippen LogP contribution is 2.24. The van der Waals surface area contributed by atoms with Crippen LogP contribution in [0, 0.1) is 0 Å². The summed E-state index contributed by atoms with van der Waals surface area (Å²) >= 11 is 0. The Balaban J connectivity index is 1.61. The monoisotopic (exact) mass is 426 g/mol. The molecule has 8 nitrogen and oxygen atoms in total. The highest BCUT2D eigenvalue weighted by Gasteiger charge is 2.25. The van der Waals surface area contributed by atoms with Crippen molar-refractivity contribution in [2.75, 3.05) is 32.1 Å². The van der Waals surface area contributed by atoms with Gasteiger partial charge in [-0.2, -0.15) is 0 Å². The number of benzene rings is 1. The van der Waals surface area contributed by atoms with Crippen LogP contribution in [0.4, 0.5) is 5.69 Å². The number of rotatable bonds is 6. The molecule has 1 saturated heterocycles. The molecule has 2 heterocycles. The summed E-state index contributed by atoms with van der Waals surface area (Å²) in [6, 6.07) is 10.2. The number of likely N-dealkylation sites (tertiary alicyclic amines) is 1. The van der Waals surface area contributed by atoms with Gasteiger partial charge in [-0.1, -0.05) is 12.8 Å². The molecule has 1 aromatic carbocycles. The molecule has 2 amide bonds. The van der Waals surface area contributed by atoms with Crippen molar-refractivity contribution in [1.82, 2.24) is 14.8 Å². The SMILES string of the molecule is COC(=O)c1ccc(NC(=O)C(=O)NC[C@H](c2cccn2C)N2CCCCCC2)cc1. The van der Waals surface area contributed by atoms with E-state index in [2.05, 4.69) is 30.9 Å². The van der Waals surface area contributed by atoms with Gasteiger partial charge in [0.15, 0.2) is 0 Å². The highest BCUT2D eigenvalue weighted by atomic mass is 16.5. The van der Waals surface area contributed by atoms with Gasteiger partial charge in [0.1, 0.15) is 0 Å². The van der Waals surface area contributed by atoms with Gasteiger partial charge >= 0.3 is 17.8 Å². The van der Waals surface area contributed by atoms with Crippen LogP contribution in [0.1, 0.15) is 47.8 Å². The number of aryl methyl sites for hydroxylation is 1. The molecule has 8 heteroatoms. The quantitative estimate of drug-likeness (QED) is 0.547. The van der Waals surface area contributed by atoms with Crippen molar-refractivity contribution in [3.8, 4) is 0 Å². The highest BCUT2D eigenvalue weighted by molar-refractivity contribution is 6.39. The number of carbonyl (C=O) groups is 3. The first-order valence-electron chi connectivity index (χ1n) is 10.6. The number of hydrogen-bond donors (Lipinski definition) is 2. The lowest BCUT2D eigenvalue weighted by Gasteiger charge is -2.31. The normalized spacial score (nSPS) is 15.5. The average molecular weight is 427 g/mol. The fraction of sp³-hybridized carbons (Fsp3) is 0.435. The number of carbonyl (C=O) groups excluding carboxylic acids is 3. The number of amides is 2. The summed E-state index contributed by atoms with van der Waals surface area (Å²) in [5, 5.41) is 5.36. The number of ether oxygens (including phenoxy) is 1. The third-order valence-corrected chi connectivity index (χ3v) is 5.63. The van der Waals surface area contributed by atoms with E-state index in [1.165, 1.54) is 32.1 Å². The van der Waals surface area contributed by atoms with Crippen molar-refractivity contribution in [3.63, 3.8) is 0 Å². The predicted molar refractivity (Wildman–Crippen MR) is 118 cm³/mol. The fourth-order valence-corrected chi connectivity index (χ4v) is 3.91. The van der Waals surface area contributed by atoms with Crippen LogP contribution in [-0.4, -0.2) is 54.0 Å². The summed E-state index contributed by atoms with van der Waals surface area (Å²) in [7, 11) is 3.30. The van der Waals surface area contributed by atoms with Crippen molar-refractivity contribution in [2.45, 2.75) is 31.7 Å². The Bertz CT molecular complexity index is 899. The van der Waals surface area contributed by atoms with E-state index >= 15 is 0 Å². The molecule has 1 atom stereocenters. The van der Waals surface area contributed by atoms with Gasteiger partial charge in [-0.25, -0.2) is 4.79 Å². The number of methoxy groups -OCH3 is 1. The van der Waals surface area contributed by atoms with Gasteiger partial charge in [-0.05, 0) is 62.3 Å². The molecule has 0 saturated carbocycles. The minimum absolute atomic E-state index is 0.00851. The Morgan fingerprint density at radius 2 is 1.68 bits per heavy atom. The molecule has 2 aromatic rings. The lowest BCUT2D eigenvalue weighted by atomic mass is 10.1. The van der Waals surface area contributed by atoms with Gasteiger partial charge in [0.25, 0.3) is 0 Å². The van der Waals surface area contributed by atoms with Crippen molar-refractivity contribution >= 4 is 23.5 Å². The molecule has 0 bridgehead atoms. The molecular formula is C23H30N4O4. The third kappa shape index (κ3) is 5.95.